The summed E-state index contributed by atoms with van der Waals surface area (Å²) in [5.41, 5.74) is -0.623. The zero-order valence-electron chi connectivity index (χ0n) is 11.3. The molecule has 0 radical (unpaired) electrons. The SMILES string of the molecule is CC1(C(=O)O)CCCCN1C1CN2CCC1CC2. The summed E-state index contributed by atoms with van der Waals surface area (Å²) in [6.07, 6.45) is 5.55. The molecular formula is C14H24N2O2. The van der Waals surface area contributed by atoms with Crippen LogP contribution in [0.1, 0.15) is 39.0 Å². The molecule has 0 aliphatic carbocycles. The molecule has 2 atom stereocenters. The smallest absolute Gasteiger partial charge is 0.323 e. The molecular weight excluding hydrogens is 228 g/mol. The highest BCUT2D eigenvalue weighted by atomic mass is 16.4. The van der Waals surface area contributed by atoms with Gasteiger partial charge in [-0.1, -0.05) is 0 Å². The van der Waals surface area contributed by atoms with Gasteiger partial charge in [0.15, 0.2) is 0 Å². The van der Waals surface area contributed by atoms with Crippen molar-refractivity contribution in [2.45, 2.75) is 50.6 Å². The van der Waals surface area contributed by atoms with Gasteiger partial charge in [-0.3, -0.25) is 9.69 Å². The summed E-state index contributed by atoms with van der Waals surface area (Å²) < 4.78 is 0. The van der Waals surface area contributed by atoms with Crippen molar-refractivity contribution in [1.82, 2.24) is 9.80 Å². The fraction of sp³-hybridized carbons (Fsp3) is 0.929. The molecule has 102 valence electrons. The summed E-state index contributed by atoms with van der Waals surface area (Å²) >= 11 is 0. The maximum absolute atomic E-state index is 11.7. The van der Waals surface area contributed by atoms with Gasteiger partial charge in [-0.05, 0) is 64.6 Å². The summed E-state index contributed by atoms with van der Waals surface area (Å²) in [5.74, 6) is 0.102. The molecule has 0 aromatic rings. The van der Waals surface area contributed by atoms with Crippen LogP contribution in [0.5, 0.6) is 0 Å². The lowest BCUT2D eigenvalue weighted by atomic mass is 9.78. The molecule has 18 heavy (non-hydrogen) atoms. The van der Waals surface area contributed by atoms with Gasteiger partial charge in [0.2, 0.25) is 0 Å². The number of carboxylic acids is 1. The van der Waals surface area contributed by atoms with E-state index in [4.69, 9.17) is 0 Å². The molecule has 4 heteroatoms. The molecule has 0 saturated carbocycles. The Morgan fingerprint density at radius 2 is 1.94 bits per heavy atom. The highest BCUT2D eigenvalue weighted by Gasteiger charge is 2.48. The average molecular weight is 252 g/mol. The standard InChI is InChI=1S/C14H24N2O2/c1-14(13(17)18)6-2-3-7-16(14)12-10-15-8-4-11(12)5-9-15/h11-12H,2-10H2,1H3,(H,17,18). The van der Waals surface area contributed by atoms with E-state index in [1.165, 1.54) is 25.9 Å². The third-order valence-electron chi connectivity index (χ3n) is 5.43. The van der Waals surface area contributed by atoms with Gasteiger partial charge < -0.3 is 10.0 Å². The van der Waals surface area contributed by atoms with Gasteiger partial charge in [0.05, 0.1) is 0 Å². The summed E-state index contributed by atoms with van der Waals surface area (Å²) in [4.78, 5) is 16.5. The lowest BCUT2D eigenvalue weighted by molar-refractivity contribution is -0.159. The van der Waals surface area contributed by atoms with E-state index in [0.29, 0.717) is 6.04 Å². The quantitative estimate of drug-likeness (QED) is 0.807. The zero-order chi connectivity index (χ0) is 12.8. The van der Waals surface area contributed by atoms with Gasteiger partial charge in [0, 0.05) is 12.6 Å². The number of piperidine rings is 4. The Hall–Kier alpha value is -0.610. The van der Waals surface area contributed by atoms with Crippen LogP contribution in [0.25, 0.3) is 0 Å². The molecule has 2 unspecified atom stereocenters. The minimum absolute atomic E-state index is 0.480. The predicted octanol–water partition coefficient (Wildman–Crippen LogP) is 1.41. The number of carbonyl (C=O) groups is 1. The van der Waals surface area contributed by atoms with Crippen LogP contribution in [0.3, 0.4) is 0 Å². The van der Waals surface area contributed by atoms with Gasteiger partial charge >= 0.3 is 5.97 Å². The minimum Gasteiger partial charge on any atom is -0.480 e. The Morgan fingerprint density at radius 3 is 2.50 bits per heavy atom. The topological polar surface area (TPSA) is 43.8 Å². The molecule has 0 amide bonds. The van der Waals surface area contributed by atoms with E-state index in [9.17, 15) is 9.90 Å². The minimum atomic E-state index is -0.626. The number of carboxylic acid groups (broad SMARTS) is 1. The van der Waals surface area contributed by atoms with E-state index in [1.54, 1.807) is 0 Å². The van der Waals surface area contributed by atoms with Crippen molar-refractivity contribution in [2.24, 2.45) is 5.92 Å². The van der Waals surface area contributed by atoms with Crippen LogP contribution in [0, 0.1) is 5.92 Å². The molecule has 4 rings (SSSR count). The number of hydrogen-bond donors (Lipinski definition) is 1. The van der Waals surface area contributed by atoms with Gasteiger partial charge in [-0.25, -0.2) is 0 Å². The van der Waals surface area contributed by atoms with Crippen molar-refractivity contribution in [3.63, 3.8) is 0 Å². The van der Waals surface area contributed by atoms with Crippen LogP contribution in [0.4, 0.5) is 0 Å². The number of hydrogen-bond acceptors (Lipinski definition) is 3. The average Bonchev–Trinajstić information content (AvgIpc) is 2.40. The van der Waals surface area contributed by atoms with Crippen molar-refractivity contribution in [2.75, 3.05) is 26.2 Å². The maximum atomic E-state index is 11.7. The second-order valence-electron chi connectivity index (χ2n) is 6.43. The number of likely N-dealkylation sites (tertiary alicyclic amines) is 1. The van der Waals surface area contributed by atoms with Crippen LogP contribution in [0.15, 0.2) is 0 Å². The third kappa shape index (κ3) is 1.86. The van der Waals surface area contributed by atoms with Crippen molar-refractivity contribution < 1.29 is 9.90 Å². The van der Waals surface area contributed by atoms with Crippen molar-refractivity contribution in [3.8, 4) is 0 Å². The van der Waals surface area contributed by atoms with Crippen molar-refractivity contribution in [3.05, 3.63) is 0 Å². The van der Waals surface area contributed by atoms with Gasteiger partial charge in [-0.2, -0.15) is 0 Å². The Labute approximate surface area is 109 Å². The lowest BCUT2D eigenvalue weighted by Crippen LogP contribution is -2.66. The van der Waals surface area contributed by atoms with Gasteiger partial charge in [0.1, 0.15) is 5.54 Å². The molecule has 4 heterocycles. The number of rotatable bonds is 2. The summed E-state index contributed by atoms with van der Waals surface area (Å²) in [7, 11) is 0. The number of aliphatic carboxylic acids is 1. The van der Waals surface area contributed by atoms with Crippen LogP contribution < -0.4 is 0 Å². The number of nitrogens with zero attached hydrogens (tertiary/aromatic N) is 2. The molecule has 4 fully saturated rings. The van der Waals surface area contributed by atoms with Crippen molar-refractivity contribution >= 4 is 5.97 Å². The first-order chi connectivity index (χ1) is 8.61. The normalized spacial score (nSPS) is 45.1. The van der Waals surface area contributed by atoms with Crippen LogP contribution in [0.2, 0.25) is 0 Å². The van der Waals surface area contributed by atoms with Crippen LogP contribution >= 0.6 is 0 Å². The summed E-state index contributed by atoms with van der Waals surface area (Å²) in [6.45, 7) is 6.44. The molecule has 0 aromatic carbocycles. The van der Waals surface area contributed by atoms with Crippen LogP contribution in [-0.4, -0.2) is 58.6 Å². The Bertz CT molecular complexity index is 339. The largest absolute Gasteiger partial charge is 0.480 e. The van der Waals surface area contributed by atoms with Crippen molar-refractivity contribution in [1.29, 1.82) is 0 Å². The van der Waals surface area contributed by atoms with E-state index in [2.05, 4.69) is 9.80 Å². The molecule has 4 aliphatic heterocycles. The molecule has 2 bridgehead atoms. The molecule has 4 aliphatic rings. The second-order valence-corrected chi connectivity index (χ2v) is 6.43. The highest BCUT2D eigenvalue weighted by Crippen LogP contribution is 2.38. The first kappa shape index (κ1) is 12.4. The molecule has 4 nitrogen and oxygen atoms in total. The van der Waals surface area contributed by atoms with Gasteiger partial charge in [-0.15, -0.1) is 0 Å². The van der Waals surface area contributed by atoms with Crippen LogP contribution in [-0.2, 0) is 4.79 Å². The monoisotopic (exact) mass is 252 g/mol. The maximum Gasteiger partial charge on any atom is 0.323 e. The summed E-state index contributed by atoms with van der Waals surface area (Å²) in [6, 6.07) is 0.480. The Kier molecular flexibility index (Phi) is 3.10. The molecule has 0 spiro atoms. The van der Waals surface area contributed by atoms with E-state index < -0.39 is 11.5 Å². The molecule has 1 N–H and O–H groups in total. The Morgan fingerprint density at radius 1 is 1.22 bits per heavy atom. The Balaban J connectivity index is 1.83. The van der Waals surface area contributed by atoms with E-state index in [1.807, 2.05) is 6.92 Å². The zero-order valence-corrected chi connectivity index (χ0v) is 11.3. The fourth-order valence-corrected chi connectivity index (χ4v) is 4.19. The summed E-state index contributed by atoms with van der Waals surface area (Å²) in [5, 5.41) is 9.61. The van der Waals surface area contributed by atoms with E-state index >= 15 is 0 Å². The van der Waals surface area contributed by atoms with Gasteiger partial charge in [0.25, 0.3) is 0 Å². The fourth-order valence-electron chi connectivity index (χ4n) is 4.19. The van der Waals surface area contributed by atoms with E-state index in [0.717, 1.165) is 38.3 Å². The number of fused-ring (bicyclic) bond motifs is 3. The first-order valence-corrected chi connectivity index (χ1v) is 7.34. The predicted molar refractivity (Wildman–Crippen MR) is 69.5 cm³/mol. The molecule has 4 saturated heterocycles. The third-order valence-corrected chi connectivity index (χ3v) is 5.43. The second kappa shape index (κ2) is 4.49. The lowest BCUT2D eigenvalue weighted by Gasteiger charge is -2.54. The first-order valence-electron chi connectivity index (χ1n) is 7.34. The van der Waals surface area contributed by atoms with E-state index in [-0.39, 0.29) is 0 Å². The highest BCUT2D eigenvalue weighted by molar-refractivity contribution is 5.78. The molecule has 0 aromatic heterocycles.